The van der Waals surface area contributed by atoms with Gasteiger partial charge in [0.2, 0.25) is 0 Å². The second-order valence-electron chi connectivity index (χ2n) is 5.76. The van der Waals surface area contributed by atoms with Gasteiger partial charge in [0.15, 0.2) is 11.5 Å². The van der Waals surface area contributed by atoms with Gasteiger partial charge in [-0.25, -0.2) is 4.98 Å². The molecule has 0 saturated heterocycles. The van der Waals surface area contributed by atoms with Gasteiger partial charge in [-0.15, -0.1) is 0 Å². The standard InChI is InChI=1S/C19H21ClN2O3/c1-24-17-7-4-13(10-18(17)25-2)11-19-21-15-12-14(20)5-6-16(15)22(19)8-3-9-23/h4-7,10,12,23H,3,8-9,11H2,1-2H3. The van der Waals surface area contributed by atoms with Crippen LogP contribution in [0.25, 0.3) is 11.0 Å². The number of methoxy groups -OCH3 is 2. The molecule has 1 N–H and O–H groups in total. The van der Waals surface area contributed by atoms with Gasteiger partial charge in [-0.3, -0.25) is 0 Å². The molecule has 0 bridgehead atoms. The minimum absolute atomic E-state index is 0.142. The molecule has 1 aromatic heterocycles. The third-order valence-corrected chi connectivity index (χ3v) is 4.37. The molecule has 6 heteroatoms. The van der Waals surface area contributed by atoms with Crippen molar-refractivity contribution < 1.29 is 14.6 Å². The third-order valence-electron chi connectivity index (χ3n) is 4.14. The minimum atomic E-state index is 0.142. The highest BCUT2D eigenvalue weighted by molar-refractivity contribution is 6.31. The number of hydrogen-bond acceptors (Lipinski definition) is 4. The van der Waals surface area contributed by atoms with Gasteiger partial charge >= 0.3 is 0 Å². The summed E-state index contributed by atoms with van der Waals surface area (Å²) in [5, 5.41) is 9.87. The summed E-state index contributed by atoms with van der Waals surface area (Å²) in [5.41, 5.74) is 2.96. The van der Waals surface area contributed by atoms with E-state index in [0.717, 1.165) is 22.4 Å². The zero-order valence-electron chi connectivity index (χ0n) is 14.3. The van der Waals surface area contributed by atoms with Gasteiger partial charge in [0.25, 0.3) is 0 Å². The predicted octanol–water partition coefficient (Wildman–Crippen LogP) is 3.68. The van der Waals surface area contributed by atoms with E-state index < -0.39 is 0 Å². The highest BCUT2D eigenvalue weighted by atomic mass is 35.5. The molecule has 0 unspecified atom stereocenters. The summed E-state index contributed by atoms with van der Waals surface area (Å²) in [6.07, 6.45) is 1.32. The lowest BCUT2D eigenvalue weighted by Gasteiger charge is -2.11. The average Bonchev–Trinajstić information content (AvgIpc) is 2.95. The van der Waals surface area contributed by atoms with Crippen LogP contribution >= 0.6 is 11.6 Å². The molecule has 0 aliphatic carbocycles. The fourth-order valence-electron chi connectivity index (χ4n) is 2.94. The molecule has 0 spiro atoms. The molecule has 2 aromatic carbocycles. The Balaban J connectivity index is 1.99. The number of aliphatic hydroxyl groups is 1. The number of aliphatic hydroxyl groups excluding tert-OH is 1. The lowest BCUT2D eigenvalue weighted by atomic mass is 10.1. The normalized spacial score (nSPS) is 11.0. The maximum absolute atomic E-state index is 9.20. The van der Waals surface area contributed by atoms with E-state index in [1.807, 2.05) is 36.4 Å². The number of aromatic nitrogens is 2. The Kier molecular flexibility index (Phi) is 5.46. The van der Waals surface area contributed by atoms with Crippen LogP contribution in [0.1, 0.15) is 17.8 Å². The molecule has 5 nitrogen and oxygen atoms in total. The number of fused-ring (bicyclic) bond motifs is 1. The number of halogens is 1. The number of benzene rings is 2. The highest BCUT2D eigenvalue weighted by Gasteiger charge is 2.13. The molecule has 3 rings (SSSR count). The van der Waals surface area contributed by atoms with Crippen LogP contribution in [0.15, 0.2) is 36.4 Å². The molecule has 0 fully saturated rings. The zero-order valence-corrected chi connectivity index (χ0v) is 15.1. The smallest absolute Gasteiger partial charge is 0.161 e. The molecule has 0 amide bonds. The Hall–Kier alpha value is -2.24. The zero-order chi connectivity index (χ0) is 17.8. The molecule has 0 saturated carbocycles. The van der Waals surface area contributed by atoms with Crippen LogP contribution in [0.4, 0.5) is 0 Å². The lowest BCUT2D eigenvalue weighted by Crippen LogP contribution is -2.06. The summed E-state index contributed by atoms with van der Waals surface area (Å²) < 4.78 is 12.8. The van der Waals surface area contributed by atoms with E-state index in [1.165, 1.54) is 0 Å². The molecule has 0 atom stereocenters. The first-order valence-electron chi connectivity index (χ1n) is 8.12. The average molecular weight is 361 g/mol. The SMILES string of the molecule is COc1ccc(Cc2nc3cc(Cl)ccc3n2CCCO)cc1OC. The van der Waals surface area contributed by atoms with Gasteiger partial charge < -0.3 is 19.1 Å². The molecule has 0 radical (unpaired) electrons. The van der Waals surface area contributed by atoms with Gasteiger partial charge in [-0.2, -0.15) is 0 Å². The maximum atomic E-state index is 9.20. The summed E-state index contributed by atoms with van der Waals surface area (Å²) in [4.78, 5) is 4.74. The summed E-state index contributed by atoms with van der Waals surface area (Å²) in [6.45, 7) is 0.848. The van der Waals surface area contributed by atoms with E-state index in [0.29, 0.717) is 35.9 Å². The topological polar surface area (TPSA) is 56.5 Å². The van der Waals surface area contributed by atoms with Gasteiger partial charge in [0.1, 0.15) is 5.82 Å². The van der Waals surface area contributed by atoms with Gasteiger partial charge in [0, 0.05) is 24.6 Å². The molecule has 25 heavy (non-hydrogen) atoms. The van der Waals surface area contributed by atoms with Crippen molar-refractivity contribution in [2.75, 3.05) is 20.8 Å². The first-order valence-corrected chi connectivity index (χ1v) is 8.50. The quantitative estimate of drug-likeness (QED) is 0.698. The van der Waals surface area contributed by atoms with Crippen LogP contribution in [0, 0.1) is 0 Å². The second-order valence-corrected chi connectivity index (χ2v) is 6.19. The Morgan fingerprint density at radius 3 is 2.60 bits per heavy atom. The van der Waals surface area contributed by atoms with Crippen molar-refractivity contribution in [3.63, 3.8) is 0 Å². The van der Waals surface area contributed by atoms with Crippen molar-refractivity contribution in [2.45, 2.75) is 19.4 Å². The van der Waals surface area contributed by atoms with Crippen molar-refractivity contribution in [2.24, 2.45) is 0 Å². The van der Waals surface area contributed by atoms with Crippen molar-refractivity contribution in [3.05, 3.63) is 52.8 Å². The van der Waals surface area contributed by atoms with Crippen LogP contribution in [0.3, 0.4) is 0 Å². The van der Waals surface area contributed by atoms with E-state index in [-0.39, 0.29) is 6.61 Å². The van der Waals surface area contributed by atoms with Crippen LogP contribution in [0.5, 0.6) is 11.5 Å². The van der Waals surface area contributed by atoms with E-state index in [4.69, 9.17) is 26.1 Å². The van der Waals surface area contributed by atoms with Crippen LogP contribution < -0.4 is 9.47 Å². The largest absolute Gasteiger partial charge is 0.493 e. The third kappa shape index (κ3) is 3.72. The maximum Gasteiger partial charge on any atom is 0.161 e. The number of rotatable bonds is 7. The summed E-state index contributed by atoms with van der Waals surface area (Å²) in [6, 6.07) is 11.6. The Morgan fingerprint density at radius 2 is 1.88 bits per heavy atom. The van der Waals surface area contributed by atoms with Crippen molar-refractivity contribution in [1.82, 2.24) is 9.55 Å². The fraction of sp³-hybridized carbons (Fsp3) is 0.316. The number of ether oxygens (including phenoxy) is 2. The predicted molar refractivity (Wildman–Crippen MR) is 98.8 cm³/mol. The molecular weight excluding hydrogens is 340 g/mol. The molecule has 0 aliphatic heterocycles. The minimum Gasteiger partial charge on any atom is -0.493 e. The monoisotopic (exact) mass is 360 g/mol. The molecule has 132 valence electrons. The molecule has 0 aliphatic rings. The lowest BCUT2D eigenvalue weighted by molar-refractivity contribution is 0.280. The van der Waals surface area contributed by atoms with E-state index in [9.17, 15) is 5.11 Å². The summed E-state index contributed by atoms with van der Waals surface area (Å²) in [7, 11) is 3.25. The Bertz CT molecular complexity index is 876. The van der Waals surface area contributed by atoms with Crippen LogP contribution in [0.2, 0.25) is 5.02 Å². The Labute approximate surface area is 151 Å². The summed E-state index contributed by atoms with van der Waals surface area (Å²) >= 11 is 6.10. The van der Waals surface area contributed by atoms with Crippen molar-refractivity contribution in [3.8, 4) is 11.5 Å². The van der Waals surface area contributed by atoms with E-state index >= 15 is 0 Å². The van der Waals surface area contributed by atoms with Gasteiger partial charge in [0.05, 0.1) is 25.3 Å². The second kappa shape index (κ2) is 7.76. The number of hydrogen-bond donors (Lipinski definition) is 1. The Morgan fingerprint density at radius 1 is 1.08 bits per heavy atom. The molecular formula is C19H21ClN2O3. The number of imidazole rings is 1. The molecule has 1 heterocycles. The number of aryl methyl sites for hydroxylation is 1. The highest BCUT2D eigenvalue weighted by Crippen LogP contribution is 2.29. The molecule has 3 aromatic rings. The number of nitrogens with zero attached hydrogens (tertiary/aromatic N) is 2. The first kappa shape index (κ1) is 17.6. The van der Waals surface area contributed by atoms with Crippen LogP contribution in [-0.4, -0.2) is 35.5 Å². The van der Waals surface area contributed by atoms with Crippen LogP contribution in [-0.2, 0) is 13.0 Å². The fourth-order valence-corrected chi connectivity index (χ4v) is 3.11. The van der Waals surface area contributed by atoms with Crippen molar-refractivity contribution in [1.29, 1.82) is 0 Å². The van der Waals surface area contributed by atoms with E-state index in [2.05, 4.69) is 4.57 Å². The van der Waals surface area contributed by atoms with Gasteiger partial charge in [-0.1, -0.05) is 17.7 Å². The van der Waals surface area contributed by atoms with Crippen molar-refractivity contribution >= 4 is 22.6 Å². The van der Waals surface area contributed by atoms with Gasteiger partial charge in [-0.05, 0) is 42.3 Å². The summed E-state index contributed by atoms with van der Waals surface area (Å²) in [5.74, 6) is 2.32. The van der Waals surface area contributed by atoms with E-state index in [1.54, 1.807) is 14.2 Å². The first-order chi connectivity index (χ1) is 12.2.